The van der Waals surface area contributed by atoms with Crippen LogP contribution >= 0.6 is 0 Å². The second-order valence-electron chi connectivity index (χ2n) is 8.98. The molecule has 0 N–H and O–H groups in total. The first-order valence-corrected chi connectivity index (χ1v) is 11.9. The molecule has 2 aromatic rings. The minimum Gasteiger partial charge on any atom is -0.496 e. The van der Waals surface area contributed by atoms with Crippen LogP contribution in [-0.2, 0) is 4.74 Å². The maximum absolute atomic E-state index is 5.85. The predicted molar refractivity (Wildman–Crippen MR) is 131 cm³/mol. The molecule has 2 unspecified atom stereocenters. The Morgan fingerprint density at radius 1 is 0.935 bits per heavy atom. The molecule has 0 radical (unpaired) electrons. The Balaban J connectivity index is 1.57. The molecular formula is C30H32O. The quantitative estimate of drug-likeness (QED) is 0.419. The molecule has 0 saturated carbocycles. The highest BCUT2D eigenvalue weighted by Gasteiger charge is 2.30. The van der Waals surface area contributed by atoms with Gasteiger partial charge in [0.15, 0.2) is 0 Å². The van der Waals surface area contributed by atoms with Crippen molar-refractivity contribution in [2.75, 3.05) is 7.11 Å². The van der Waals surface area contributed by atoms with Gasteiger partial charge in [0.25, 0.3) is 0 Å². The lowest BCUT2D eigenvalue weighted by Gasteiger charge is -2.27. The molecule has 1 nitrogen and oxygen atoms in total. The molecule has 2 aromatic carbocycles. The summed E-state index contributed by atoms with van der Waals surface area (Å²) in [6, 6.07) is 16.1. The summed E-state index contributed by atoms with van der Waals surface area (Å²) in [6.07, 6.45) is 18.7. The monoisotopic (exact) mass is 408 g/mol. The normalized spacial score (nSPS) is 20.9. The van der Waals surface area contributed by atoms with Gasteiger partial charge in [0.2, 0.25) is 0 Å². The van der Waals surface area contributed by atoms with Crippen LogP contribution in [0.2, 0.25) is 0 Å². The van der Waals surface area contributed by atoms with Gasteiger partial charge in [0.05, 0.1) is 7.11 Å². The van der Waals surface area contributed by atoms with Gasteiger partial charge in [-0.05, 0) is 58.4 Å². The van der Waals surface area contributed by atoms with Gasteiger partial charge >= 0.3 is 0 Å². The highest BCUT2D eigenvalue weighted by Crippen LogP contribution is 2.49. The lowest BCUT2D eigenvalue weighted by Crippen LogP contribution is -2.11. The Morgan fingerprint density at radius 2 is 1.81 bits per heavy atom. The summed E-state index contributed by atoms with van der Waals surface area (Å²) in [6.45, 7) is 2.29. The Morgan fingerprint density at radius 3 is 2.68 bits per heavy atom. The van der Waals surface area contributed by atoms with Crippen molar-refractivity contribution >= 4 is 5.57 Å². The molecule has 0 fully saturated rings. The summed E-state index contributed by atoms with van der Waals surface area (Å²) in [4.78, 5) is 0. The summed E-state index contributed by atoms with van der Waals surface area (Å²) in [7, 11) is 1.80. The van der Waals surface area contributed by atoms with Crippen molar-refractivity contribution < 1.29 is 4.74 Å². The van der Waals surface area contributed by atoms with E-state index in [1.807, 2.05) is 0 Å². The van der Waals surface area contributed by atoms with E-state index in [0.29, 0.717) is 11.8 Å². The molecule has 1 heteroatoms. The number of ether oxygens (including phenoxy) is 1. The number of rotatable bonds is 7. The standard InChI is InChI=1S/C30H32O/c1-3-4-5-6-13-26-24-14-9-10-15-25(24)27-18-16-22(20-28(26)27)30-23-12-8-7-11-21(23)17-19-29(30)31-2/h7-12,14-16,18-21,26H,3-6,13,17H2,1-2H3. The lowest BCUT2D eigenvalue weighted by molar-refractivity contribution is 0.306. The molecule has 2 atom stereocenters. The zero-order chi connectivity index (χ0) is 21.2. The summed E-state index contributed by atoms with van der Waals surface area (Å²) >= 11 is 0. The first-order chi connectivity index (χ1) is 15.3. The second kappa shape index (κ2) is 8.75. The van der Waals surface area contributed by atoms with Crippen molar-refractivity contribution in [2.24, 2.45) is 5.92 Å². The molecule has 5 rings (SSSR count). The number of hydrogen-bond donors (Lipinski definition) is 0. The average molecular weight is 409 g/mol. The Labute approximate surface area is 186 Å². The van der Waals surface area contributed by atoms with Crippen LogP contribution in [0.1, 0.15) is 68.1 Å². The maximum atomic E-state index is 5.85. The van der Waals surface area contributed by atoms with Crippen molar-refractivity contribution in [1.82, 2.24) is 0 Å². The van der Waals surface area contributed by atoms with E-state index in [2.05, 4.69) is 79.8 Å². The third kappa shape index (κ3) is 3.61. The van der Waals surface area contributed by atoms with Crippen LogP contribution in [0.3, 0.4) is 0 Å². The second-order valence-corrected chi connectivity index (χ2v) is 8.98. The lowest BCUT2D eigenvalue weighted by atomic mass is 9.80. The van der Waals surface area contributed by atoms with E-state index >= 15 is 0 Å². The fraction of sp³-hybridized carbons (Fsp3) is 0.333. The van der Waals surface area contributed by atoms with Crippen LogP contribution < -0.4 is 0 Å². The topological polar surface area (TPSA) is 9.23 Å². The van der Waals surface area contributed by atoms with Gasteiger partial charge < -0.3 is 4.74 Å². The van der Waals surface area contributed by atoms with E-state index in [9.17, 15) is 0 Å². The van der Waals surface area contributed by atoms with Crippen LogP contribution in [0, 0.1) is 5.92 Å². The third-order valence-corrected chi connectivity index (χ3v) is 7.13. The first kappa shape index (κ1) is 20.1. The van der Waals surface area contributed by atoms with Gasteiger partial charge in [0, 0.05) is 17.4 Å². The largest absolute Gasteiger partial charge is 0.496 e. The van der Waals surface area contributed by atoms with Crippen molar-refractivity contribution in [3.8, 4) is 11.1 Å². The van der Waals surface area contributed by atoms with E-state index in [1.54, 1.807) is 7.11 Å². The summed E-state index contributed by atoms with van der Waals surface area (Å²) < 4.78 is 5.85. The minimum absolute atomic E-state index is 0.453. The SMILES string of the molecule is CCCCCCC1c2ccccc2-c2ccc(C3=C4C=CC=CC4CC=C3OC)cc21. The molecule has 0 aromatic heterocycles. The molecule has 0 heterocycles. The molecular weight excluding hydrogens is 376 g/mol. The number of unbranched alkanes of at least 4 members (excludes halogenated alkanes) is 3. The van der Waals surface area contributed by atoms with E-state index in [-0.39, 0.29) is 0 Å². The van der Waals surface area contributed by atoms with Crippen molar-refractivity contribution in [2.45, 2.75) is 51.4 Å². The molecule has 0 amide bonds. The Bertz CT molecular complexity index is 1100. The van der Waals surface area contributed by atoms with Crippen molar-refractivity contribution in [1.29, 1.82) is 0 Å². The van der Waals surface area contributed by atoms with Gasteiger partial charge in [0.1, 0.15) is 5.76 Å². The third-order valence-electron chi connectivity index (χ3n) is 7.13. The number of methoxy groups -OCH3 is 1. The van der Waals surface area contributed by atoms with Gasteiger partial charge in [-0.1, -0.05) is 93.3 Å². The van der Waals surface area contributed by atoms with Crippen molar-refractivity contribution in [3.05, 3.63) is 101 Å². The van der Waals surface area contributed by atoms with E-state index in [0.717, 1.165) is 12.2 Å². The summed E-state index contributed by atoms with van der Waals surface area (Å²) in [5.41, 5.74) is 9.79. The first-order valence-electron chi connectivity index (χ1n) is 11.9. The van der Waals surface area contributed by atoms with Crippen LogP contribution in [0.5, 0.6) is 0 Å². The van der Waals surface area contributed by atoms with Gasteiger partial charge in [-0.2, -0.15) is 0 Å². The summed E-state index contributed by atoms with van der Waals surface area (Å²) in [5, 5.41) is 0. The molecule has 0 aliphatic heterocycles. The smallest absolute Gasteiger partial charge is 0.123 e. The molecule has 0 bridgehead atoms. The van der Waals surface area contributed by atoms with Crippen LogP contribution in [-0.4, -0.2) is 7.11 Å². The molecule has 0 spiro atoms. The van der Waals surface area contributed by atoms with E-state index in [1.165, 1.54) is 71.1 Å². The van der Waals surface area contributed by atoms with Gasteiger partial charge in [-0.15, -0.1) is 0 Å². The van der Waals surface area contributed by atoms with Crippen molar-refractivity contribution in [3.63, 3.8) is 0 Å². The Kier molecular flexibility index (Phi) is 5.68. The van der Waals surface area contributed by atoms with E-state index in [4.69, 9.17) is 4.74 Å². The van der Waals surface area contributed by atoms with E-state index < -0.39 is 0 Å². The zero-order valence-electron chi connectivity index (χ0n) is 18.7. The Hall–Kier alpha value is -2.80. The fourth-order valence-corrected chi connectivity index (χ4v) is 5.58. The maximum Gasteiger partial charge on any atom is 0.123 e. The zero-order valence-corrected chi connectivity index (χ0v) is 18.7. The van der Waals surface area contributed by atoms with Gasteiger partial charge in [-0.25, -0.2) is 0 Å². The molecule has 3 aliphatic carbocycles. The summed E-state index contributed by atoms with van der Waals surface area (Å²) in [5.74, 6) is 1.97. The minimum atomic E-state index is 0.453. The number of fused-ring (bicyclic) bond motifs is 4. The fourth-order valence-electron chi connectivity index (χ4n) is 5.58. The number of allylic oxidation sites excluding steroid dienone is 7. The van der Waals surface area contributed by atoms with Crippen LogP contribution in [0.15, 0.2) is 84.2 Å². The molecule has 0 saturated heterocycles. The number of benzene rings is 2. The average Bonchev–Trinajstić information content (AvgIpc) is 3.14. The van der Waals surface area contributed by atoms with Crippen LogP contribution in [0.4, 0.5) is 0 Å². The van der Waals surface area contributed by atoms with Gasteiger partial charge in [-0.3, -0.25) is 0 Å². The number of hydrogen-bond acceptors (Lipinski definition) is 1. The van der Waals surface area contributed by atoms with Crippen LogP contribution in [0.25, 0.3) is 16.7 Å². The highest BCUT2D eigenvalue weighted by atomic mass is 16.5. The molecule has 3 aliphatic rings. The molecule has 158 valence electrons. The predicted octanol–water partition coefficient (Wildman–Crippen LogP) is 8.20. The molecule has 31 heavy (non-hydrogen) atoms. The highest BCUT2D eigenvalue weighted by molar-refractivity contribution is 5.87.